The first-order valence-electron chi connectivity index (χ1n) is 4.04. The summed E-state index contributed by atoms with van der Waals surface area (Å²) in [7, 11) is 0. The summed E-state index contributed by atoms with van der Waals surface area (Å²) in [6.45, 7) is 0.285. The summed E-state index contributed by atoms with van der Waals surface area (Å²) < 4.78 is 0. The molecule has 5 N–H and O–H groups in total. The zero-order valence-electron chi connectivity index (χ0n) is 7.23. The minimum absolute atomic E-state index is 0.151. The molecule has 1 aromatic rings. The molecule has 0 spiro atoms. The van der Waals surface area contributed by atoms with E-state index in [1.807, 2.05) is 6.07 Å². The molecule has 0 aromatic heterocycles. The van der Waals surface area contributed by atoms with Crippen molar-refractivity contribution in [2.24, 2.45) is 11.5 Å². The SMILES string of the molecule is NC(N)CNC(=O)c1ccccc1. The monoisotopic (exact) mass is 179 g/mol. The first kappa shape index (κ1) is 9.70. The lowest BCUT2D eigenvalue weighted by Crippen LogP contribution is -2.43. The van der Waals surface area contributed by atoms with Gasteiger partial charge in [-0.3, -0.25) is 4.79 Å². The second kappa shape index (κ2) is 4.59. The van der Waals surface area contributed by atoms with Crippen LogP contribution in [0.5, 0.6) is 0 Å². The van der Waals surface area contributed by atoms with E-state index in [1.54, 1.807) is 24.3 Å². The fraction of sp³-hybridized carbons (Fsp3) is 0.222. The molecule has 1 aromatic carbocycles. The second-order valence-corrected chi connectivity index (χ2v) is 2.74. The van der Waals surface area contributed by atoms with Gasteiger partial charge >= 0.3 is 0 Å². The van der Waals surface area contributed by atoms with Crippen LogP contribution >= 0.6 is 0 Å². The van der Waals surface area contributed by atoms with Crippen molar-refractivity contribution in [1.82, 2.24) is 5.32 Å². The zero-order valence-corrected chi connectivity index (χ0v) is 7.23. The van der Waals surface area contributed by atoms with Gasteiger partial charge in [-0.15, -0.1) is 0 Å². The fourth-order valence-corrected chi connectivity index (χ4v) is 0.902. The normalized spacial score (nSPS) is 10.1. The molecule has 70 valence electrons. The summed E-state index contributed by atoms with van der Waals surface area (Å²) in [5.41, 5.74) is 11.2. The van der Waals surface area contributed by atoms with Crippen LogP contribution < -0.4 is 16.8 Å². The molecular formula is C9H13N3O. The van der Waals surface area contributed by atoms with Crippen LogP contribution in [0.15, 0.2) is 30.3 Å². The Kier molecular flexibility index (Phi) is 3.42. The van der Waals surface area contributed by atoms with Crippen LogP contribution in [0.4, 0.5) is 0 Å². The van der Waals surface area contributed by atoms with E-state index in [2.05, 4.69) is 5.32 Å². The Morgan fingerprint density at radius 1 is 1.31 bits per heavy atom. The van der Waals surface area contributed by atoms with E-state index in [-0.39, 0.29) is 12.5 Å². The Hall–Kier alpha value is -1.39. The zero-order chi connectivity index (χ0) is 9.68. The highest BCUT2D eigenvalue weighted by Crippen LogP contribution is 1.96. The standard InChI is InChI=1S/C9H13N3O/c10-8(11)6-12-9(13)7-4-2-1-3-5-7/h1-5,8H,6,10-11H2,(H,12,13). The van der Waals surface area contributed by atoms with E-state index in [0.29, 0.717) is 5.56 Å². The summed E-state index contributed by atoms with van der Waals surface area (Å²) in [6, 6.07) is 8.93. The van der Waals surface area contributed by atoms with Crippen molar-refractivity contribution in [3.8, 4) is 0 Å². The number of nitrogens with two attached hydrogens (primary N) is 2. The number of benzene rings is 1. The minimum atomic E-state index is -0.507. The number of carbonyl (C=O) groups excluding carboxylic acids is 1. The van der Waals surface area contributed by atoms with Crippen LogP contribution in [0, 0.1) is 0 Å². The van der Waals surface area contributed by atoms with Gasteiger partial charge in [-0.1, -0.05) is 18.2 Å². The molecule has 4 heteroatoms. The van der Waals surface area contributed by atoms with Gasteiger partial charge in [0.05, 0.1) is 6.17 Å². The van der Waals surface area contributed by atoms with E-state index < -0.39 is 6.17 Å². The molecule has 13 heavy (non-hydrogen) atoms. The summed E-state index contributed by atoms with van der Waals surface area (Å²) in [4.78, 5) is 11.3. The van der Waals surface area contributed by atoms with Crippen molar-refractivity contribution < 1.29 is 4.79 Å². The average molecular weight is 179 g/mol. The van der Waals surface area contributed by atoms with Crippen molar-refractivity contribution in [3.05, 3.63) is 35.9 Å². The van der Waals surface area contributed by atoms with Gasteiger partial charge in [0.15, 0.2) is 0 Å². The third kappa shape index (κ3) is 3.23. The lowest BCUT2D eigenvalue weighted by Gasteiger charge is -2.07. The molecule has 0 saturated carbocycles. The highest BCUT2D eigenvalue weighted by molar-refractivity contribution is 5.94. The van der Waals surface area contributed by atoms with E-state index in [4.69, 9.17) is 11.5 Å². The topological polar surface area (TPSA) is 81.1 Å². The Balaban J connectivity index is 2.50. The molecule has 1 amide bonds. The number of nitrogens with one attached hydrogen (secondary N) is 1. The van der Waals surface area contributed by atoms with Crippen LogP contribution in [0.1, 0.15) is 10.4 Å². The maximum atomic E-state index is 11.3. The number of hydrogen-bond donors (Lipinski definition) is 3. The van der Waals surface area contributed by atoms with Crippen LogP contribution in [0.3, 0.4) is 0 Å². The molecule has 0 atom stereocenters. The number of rotatable bonds is 3. The predicted octanol–water partition coefficient (Wildman–Crippen LogP) is -0.340. The van der Waals surface area contributed by atoms with Crippen LogP contribution in [-0.4, -0.2) is 18.6 Å². The molecule has 0 unspecified atom stereocenters. The number of hydrogen-bond acceptors (Lipinski definition) is 3. The first-order chi connectivity index (χ1) is 6.20. The van der Waals surface area contributed by atoms with Gasteiger partial charge < -0.3 is 16.8 Å². The van der Waals surface area contributed by atoms with Gasteiger partial charge in [0, 0.05) is 12.1 Å². The fourth-order valence-electron chi connectivity index (χ4n) is 0.902. The van der Waals surface area contributed by atoms with Gasteiger partial charge in [0.25, 0.3) is 5.91 Å². The highest BCUT2D eigenvalue weighted by atomic mass is 16.1. The van der Waals surface area contributed by atoms with Gasteiger partial charge in [-0.05, 0) is 12.1 Å². The van der Waals surface area contributed by atoms with E-state index in [1.165, 1.54) is 0 Å². The molecule has 0 aliphatic heterocycles. The van der Waals surface area contributed by atoms with E-state index in [0.717, 1.165) is 0 Å². The van der Waals surface area contributed by atoms with E-state index >= 15 is 0 Å². The van der Waals surface area contributed by atoms with Crippen molar-refractivity contribution in [1.29, 1.82) is 0 Å². The second-order valence-electron chi connectivity index (χ2n) is 2.74. The predicted molar refractivity (Wildman–Crippen MR) is 50.9 cm³/mol. The summed E-state index contributed by atoms with van der Waals surface area (Å²) in [6.07, 6.45) is -0.507. The quantitative estimate of drug-likeness (QED) is 0.555. The molecule has 0 saturated heterocycles. The van der Waals surface area contributed by atoms with Crippen molar-refractivity contribution in [2.75, 3.05) is 6.54 Å². The van der Waals surface area contributed by atoms with E-state index in [9.17, 15) is 4.79 Å². The molecule has 0 aliphatic carbocycles. The Morgan fingerprint density at radius 2 is 1.92 bits per heavy atom. The third-order valence-corrected chi connectivity index (χ3v) is 1.53. The summed E-state index contributed by atoms with van der Waals surface area (Å²) >= 11 is 0. The average Bonchev–Trinajstić information content (AvgIpc) is 2.15. The highest BCUT2D eigenvalue weighted by Gasteiger charge is 2.03. The van der Waals surface area contributed by atoms with Gasteiger partial charge in [0.2, 0.25) is 0 Å². The van der Waals surface area contributed by atoms with Gasteiger partial charge in [0.1, 0.15) is 0 Å². The van der Waals surface area contributed by atoms with Crippen molar-refractivity contribution in [2.45, 2.75) is 6.17 Å². The van der Waals surface area contributed by atoms with Gasteiger partial charge in [-0.25, -0.2) is 0 Å². The maximum Gasteiger partial charge on any atom is 0.251 e. The van der Waals surface area contributed by atoms with Crippen LogP contribution in [0.2, 0.25) is 0 Å². The molecule has 0 radical (unpaired) electrons. The van der Waals surface area contributed by atoms with Gasteiger partial charge in [-0.2, -0.15) is 0 Å². The van der Waals surface area contributed by atoms with Crippen molar-refractivity contribution in [3.63, 3.8) is 0 Å². The van der Waals surface area contributed by atoms with Crippen LogP contribution in [0.25, 0.3) is 0 Å². The molecule has 0 bridgehead atoms. The Bertz CT molecular complexity index is 271. The summed E-state index contributed by atoms with van der Waals surface area (Å²) in [5, 5.41) is 2.61. The molecule has 0 aliphatic rings. The summed E-state index contributed by atoms with van der Waals surface area (Å²) in [5.74, 6) is -0.151. The molecular weight excluding hydrogens is 166 g/mol. The lowest BCUT2D eigenvalue weighted by molar-refractivity contribution is 0.0951. The Labute approximate surface area is 76.9 Å². The molecule has 1 rings (SSSR count). The molecule has 0 fully saturated rings. The van der Waals surface area contributed by atoms with Crippen LogP contribution in [-0.2, 0) is 0 Å². The smallest absolute Gasteiger partial charge is 0.251 e. The lowest BCUT2D eigenvalue weighted by atomic mass is 10.2. The first-order valence-corrected chi connectivity index (χ1v) is 4.04. The number of carbonyl (C=O) groups is 1. The molecule has 0 heterocycles. The third-order valence-electron chi connectivity index (χ3n) is 1.53. The minimum Gasteiger partial charge on any atom is -0.349 e. The number of amides is 1. The van der Waals surface area contributed by atoms with Crippen molar-refractivity contribution >= 4 is 5.91 Å². The maximum absolute atomic E-state index is 11.3. The largest absolute Gasteiger partial charge is 0.349 e. The Morgan fingerprint density at radius 3 is 2.46 bits per heavy atom. The molecule has 4 nitrogen and oxygen atoms in total.